The quantitative estimate of drug-likeness (QED) is 0.532. The number of carboxylic acid groups (broad SMARTS) is 1. The second kappa shape index (κ2) is 8.62. The van der Waals surface area contributed by atoms with E-state index in [1.165, 1.54) is 0 Å². The first kappa shape index (κ1) is 23.0. The second-order valence-electron chi connectivity index (χ2n) is 6.01. The molecule has 0 saturated carbocycles. The molecule has 2 aromatic rings. The summed E-state index contributed by atoms with van der Waals surface area (Å²) in [7, 11) is 0.798. The van der Waals surface area contributed by atoms with E-state index in [2.05, 4.69) is 0 Å². The fourth-order valence-corrected chi connectivity index (χ4v) is 3.94. The molecule has 0 aliphatic heterocycles. The fraction of sp³-hybridized carbons (Fsp3) is 0.353. The normalized spacial score (nSPS) is 12.8. The summed E-state index contributed by atoms with van der Waals surface area (Å²) in [4.78, 5) is 36.0. The lowest BCUT2D eigenvalue weighted by molar-refractivity contribution is -0.144. The molecular formula is C17H15ClF4N2O4S. The summed E-state index contributed by atoms with van der Waals surface area (Å²) < 4.78 is 53.8. The third-order valence-corrected chi connectivity index (χ3v) is 5.69. The lowest BCUT2D eigenvalue weighted by Crippen LogP contribution is -2.41. The first-order valence-corrected chi connectivity index (χ1v) is 9.43. The van der Waals surface area contributed by atoms with Crippen molar-refractivity contribution in [3.8, 4) is 5.69 Å². The monoisotopic (exact) mass is 454 g/mol. The first-order chi connectivity index (χ1) is 13.4. The van der Waals surface area contributed by atoms with Crippen molar-refractivity contribution in [1.29, 1.82) is 0 Å². The van der Waals surface area contributed by atoms with Crippen molar-refractivity contribution in [3.63, 3.8) is 0 Å². The standard InChI is InChI=1S/C17H15ClF4N2O4S/c1-3-4-11(15(26)27)29-12-6-10(9(19)5-8(12)18)24-14(25)7-13(17(20,21)22)23(2)16(24)28/h5-7,11H,3-4H2,1-2H3,(H,26,27). The van der Waals surface area contributed by atoms with Crippen LogP contribution in [0.5, 0.6) is 0 Å². The summed E-state index contributed by atoms with van der Waals surface area (Å²) in [6.07, 6.45) is -4.15. The van der Waals surface area contributed by atoms with Crippen LogP contribution in [0.4, 0.5) is 17.6 Å². The molecule has 1 atom stereocenters. The Morgan fingerprint density at radius 2 is 1.90 bits per heavy atom. The molecule has 12 heteroatoms. The van der Waals surface area contributed by atoms with Crippen molar-refractivity contribution in [3.05, 3.63) is 55.6 Å². The Hall–Kier alpha value is -2.27. The van der Waals surface area contributed by atoms with Crippen LogP contribution < -0.4 is 11.2 Å². The maximum atomic E-state index is 14.4. The average Bonchev–Trinajstić information content (AvgIpc) is 2.60. The van der Waals surface area contributed by atoms with Crippen molar-refractivity contribution < 1.29 is 27.5 Å². The molecule has 0 fully saturated rings. The highest BCUT2D eigenvalue weighted by molar-refractivity contribution is 8.00. The maximum absolute atomic E-state index is 14.4. The highest BCUT2D eigenvalue weighted by Crippen LogP contribution is 2.35. The van der Waals surface area contributed by atoms with Gasteiger partial charge in [-0.1, -0.05) is 24.9 Å². The van der Waals surface area contributed by atoms with E-state index in [-0.39, 0.29) is 31.5 Å². The number of alkyl halides is 3. The van der Waals surface area contributed by atoms with Gasteiger partial charge in [-0.25, -0.2) is 13.8 Å². The second-order valence-corrected chi connectivity index (χ2v) is 7.66. The Balaban J connectivity index is 2.68. The van der Waals surface area contributed by atoms with Crippen LogP contribution in [-0.2, 0) is 18.0 Å². The van der Waals surface area contributed by atoms with E-state index in [1.54, 1.807) is 6.92 Å². The summed E-state index contributed by atoms with van der Waals surface area (Å²) in [5, 5.41) is 8.19. The van der Waals surface area contributed by atoms with Crippen molar-refractivity contribution in [1.82, 2.24) is 9.13 Å². The number of carboxylic acids is 1. The van der Waals surface area contributed by atoms with Crippen molar-refractivity contribution in [2.75, 3.05) is 0 Å². The van der Waals surface area contributed by atoms with Crippen LogP contribution in [0.15, 0.2) is 32.7 Å². The van der Waals surface area contributed by atoms with Crippen molar-refractivity contribution in [2.24, 2.45) is 7.05 Å². The Kier molecular flexibility index (Phi) is 6.84. The summed E-state index contributed by atoms with van der Waals surface area (Å²) in [5.74, 6) is -2.26. The zero-order chi connectivity index (χ0) is 22.1. The van der Waals surface area contributed by atoms with Crippen molar-refractivity contribution >= 4 is 29.3 Å². The third-order valence-electron chi connectivity index (χ3n) is 3.95. The van der Waals surface area contributed by atoms with Crippen LogP contribution in [0.1, 0.15) is 25.5 Å². The Bertz CT molecular complexity index is 1070. The van der Waals surface area contributed by atoms with E-state index in [4.69, 9.17) is 11.6 Å². The Morgan fingerprint density at radius 1 is 1.28 bits per heavy atom. The van der Waals surface area contributed by atoms with Crippen LogP contribution in [0.2, 0.25) is 5.02 Å². The lowest BCUT2D eigenvalue weighted by Gasteiger charge is -2.16. The van der Waals surface area contributed by atoms with Crippen molar-refractivity contribution in [2.45, 2.75) is 36.1 Å². The molecule has 1 aromatic heterocycles. The predicted octanol–water partition coefficient (Wildman–Crippen LogP) is 3.69. The van der Waals surface area contributed by atoms with Crippen LogP contribution in [0, 0.1) is 5.82 Å². The number of aromatic nitrogens is 2. The molecule has 0 spiro atoms. The fourth-order valence-electron chi connectivity index (χ4n) is 2.55. The Morgan fingerprint density at radius 3 is 2.41 bits per heavy atom. The molecule has 6 nitrogen and oxygen atoms in total. The maximum Gasteiger partial charge on any atom is 0.431 e. The molecular weight excluding hydrogens is 440 g/mol. The minimum Gasteiger partial charge on any atom is -0.480 e. The van der Waals surface area contributed by atoms with Gasteiger partial charge in [0.15, 0.2) is 0 Å². The molecule has 158 valence electrons. The number of nitrogens with zero attached hydrogens (tertiary/aromatic N) is 2. The number of rotatable bonds is 6. The molecule has 1 aromatic carbocycles. The Labute approximate surface area is 170 Å². The molecule has 0 aliphatic rings. The number of aliphatic carboxylic acids is 1. The van der Waals surface area contributed by atoms with Gasteiger partial charge in [-0.05, 0) is 18.6 Å². The van der Waals surface area contributed by atoms with Gasteiger partial charge >= 0.3 is 17.8 Å². The molecule has 0 amide bonds. The van der Waals surface area contributed by atoms with E-state index >= 15 is 0 Å². The molecule has 0 saturated heterocycles. The van der Waals surface area contributed by atoms with Gasteiger partial charge in [0.05, 0.1) is 10.7 Å². The molecule has 0 bridgehead atoms. The van der Waals surface area contributed by atoms with E-state index < -0.39 is 45.8 Å². The highest BCUT2D eigenvalue weighted by Gasteiger charge is 2.35. The van der Waals surface area contributed by atoms with Crippen LogP contribution in [0.3, 0.4) is 0 Å². The van der Waals surface area contributed by atoms with Crippen LogP contribution in [0.25, 0.3) is 5.69 Å². The number of thioether (sulfide) groups is 1. The van der Waals surface area contributed by atoms with Gasteiger partial charge in [0, 0.05) is 18.0 Å². The summed E-state index contributed by atoms with van der Waals surface area (Å²) in [6, 6.07) is 1.93. The van der Waals surface area contributed by atoms with E-state index in [1.807, 2.05) is 0 Å². The van der Waals surface area contributed by atoms with Crippen LogP contribution in [-0.4, -0.2) is 25.5 Å². The zero-order valence-corrected chi connectivity index (χ0v) is 16.7. The van der Waals surface area contributed by atoms with Gasteiger partial charge < -0.3 is 5.11 Å². The molecule has 2 rings (SSSR count). The molecule has 0 radical (unpaired) electrons. The van der Waals surface area contributed by atoms with Crippen LogP contribution >= 0.6 is 23.4 Å². The molecule has 1 N–H and O–H groups in total. The molecule has 1 unspecified atom stereocenters. The van der Waals surface area contributed by atoms with Gasteiger partial charge in [0.25, 0.3) is 5.56 Å². The number of carbonyl (C=O) groups is 1. The number of hydrogen-bond donors (Lipinski definition) is 1. The molecule has 0 aliphatic carbocycles. The molecule has 29 heavy (non-hydrogen) atoms. The van der Waals surface area contributed by atoms with Gasteiger partial charge in [0.1, 0.15) is 16.8 Å². The number of benzene rings is 1. The summed E-state index contributed by atoms with van der Waals surface area (Å²) >= 11 is 6.75. The minimum atomic E-state index is -4.96. The van der Waals surface area contributed by atoms with E-state index in [9.17, 15) is 37.1 Å². The zero-order valence-electron chi connectivity index (χ0n) is 15.1. The SMILES string of the molecule is CCCC(Sc1cc(-n2c(=O)cc(C(F)(F)F)n(C)c2=O)c(F)cc1Cl)C(=O)O. The van der Waals surface area contributed by atoms with Gasteiger partial charge in [-0.2, -0.15) is 13.2 Å². The number of halogens is 5. The first-order valence-electron chi connectivity index (χ1n) is 8.17. The lowest BCUT2D eigenvalue weighted by atomic mass is 10.2. The third kappa shape index (κ3) is 4.84. The van der Waals surface area contributed by atoms with Gasteiger partial charge in [-0.15, -0.1) is 11.8 Å². The number of hydrogen-bond acceptors (Lipinski definition) is 4. The van der Waals surface area contributed by atoms with E-state index in [0.29, 0.717) is 6.42 Å². The smallest absolute Gasteiger partial charge is 0.431 e. The van der Waals surface area contributed by atoms with E-state index in [0.717, 1.165) is 30.9 Å². The van der Waals surface area contributed by atoms with Gasteiger partial charge in [0.2, 0.25) is 0 Å². The molecule has 1 heterocycles. The summed E-state index contributed by atoms with van der Waals surface area (Å²) in [6.45, 7) is 1.76. The van der Waals surface area contributed by atoms with Gasteiger partial charge in [-0.3, -0.25) is 14.2 Å². The predicted molar refractivity (Wildman–Crippen MR) is 99.4 cm³/mol. The topological polar surface area (TPSA) is 81.3 Å². The average molecular weight is 455 g/mol. The largest absolute Gasteiger partial charge is 0.480 e. The highest BCUT2D eigenvalue weighted by atomic mass is 35.5. The minimum absolute atomic E-state index is 0.0674. The summed E-state index contributed by atoms with van der Waals surface area (Å²) in [5.41, 5.74) is -4.91.